The summed E-state index contributed by atoms with van der Waals surface area (Å²) >= 11 is 0. The van der Waals surface area contributed by atoms with Crippen LogP contribution in [0, 0.1) is 6.92 Å². The van der Waals surface area contributed by atoms with Gasteiger partial charge in [0.15, 0.2) is 5.69 Å². The summed E-state index contributed by atoms with van der Waals surface area (Å²) in [5, 5.41) is 19.6. The average Bonchev–Trinajstić information content (AvgIpc) is 2.99. The molecule has 0 bridgehead atoms. The quantitative estimate of drug-likeness (QED) is 0.703. The highest BCUT2D eigenvalue weighted by atomic mass is 16.6. The molecule has 1 aliphatic rings. The van der Waals surface area contributed by atoms with Crippen LogP contribution >= 0.6 is 0 Å². The zero-order valence-corrected chi connectivity index (χ0v) is 15.9. The number of aromatic nitrogens is 2. The molecule has 2 amide bonds. The number of anilines is 1. The molecule has 0 aliphatic carbocycles. The largest absolute Gasteiger partial charge is 0.506 e. The number of nitrogens with zero attached hydrogens (tertiary/aromatic N) is 2. The van der Waals surface area contributed by atoms with E-state index < -0.39 is 17.6 Å². The van der Waals surface area contributed by atoms with Crippen molar-refractivity contribution in [2.45, 2.75) is 46.3 Å². The number of carbonyl (C=O) groups is 2. The molecule has 0 spiro atoms. The Balaban J connectivity index is 1.78. The van der Waals surface area contributed by atoms with Gasteiger partial charge in [-0.25, -0.2) is 4.79 Å². The lowest BCUT2D eigenvalue weighted by Crippen LogP contribution is -2.40. The van der Waals surface area contributed by atoms with Gasteiger partial charge < -0.3 is 20.1 Å². The van der Waals surface area contributed by atoms with Gasteiger partial charge >= 0.3 is 6.09 Å². The predicted molar refractivity (Wildman–Crippen MR) is 99.7 cm³/mol. The van der Waals surface area contributed by atoms with Gasteiger partial charge in [0, 0.05) is 24.2 Å². The van der Waals surface area contributed by atoms with E-state index >= 15 is 0 Å². The number of fused-ring (bicyclic) bond motifs is 1. The number of ether oxygens (including phenoxy) is 1. The fourth-order valence-electron chi connectivity index (χ4n) is 2.90. The number of amides is 2. The highest BCUT2D eigenvalue weighted by Gasteiger charge is 2.30. The topological polar surface area (TPSA) is 108 Å². The molecule has 2 heterocycles. The summed E-state index contributed by atoms with van der Waals surface area (Å²) in [5.41, 5.74) is 2.33. The molecule has 3 rings (SSSR count). The summed E-state index contributed by atoms with van der Waals surface area (Å²) in [4.78, 5) is 26.6. The van der Waals surface area contributed by atoms with Crippen LogP contribution in [0.3, 0.4) is 0 Å². The molecule has 3 N–H and O–H groups in total. The molecule has 8 nitrogen and oxygen atoms in total. The predicted octanol–water partition coefficient (Wildman–Crippen LogP) is 2.97. The molecule has 0 fully saturated rings. The molecule has 1 aromatic carbocycles. The summed E-state index contributed by atoms with van der Waals surface area (Å²) in [6.07, 6.45) is 0.141. The van der Waals surface area contributed by atoms with E-state index in [-0.39, 0.29) is 18.0 Å². The third kappa shape index (κ3) is 4.21. The van der Waals surface area contributed by atoms with Crippen LogP contribution in [-0.4, -0.2) is 44.4 Å². The van der Waals surface area contributed by atoms with Crippen molar-refractivity contribution in [2.75, 3.05) is 11.9 Å². The van der Waals surface area contributed by atoms with Crippen molar-refractivity contribution < 1.29 is 19.4 Å². The average molecular weight is 372 g/mol. The second-order valence-electron chi connectivity index (χ2n) is 7.66. The first-order valence-corrected chi connectivity index (χ1v) is 8.79. The lowest BCUT2D eigenvalue weighted by Gasteiger charge is -2.30. The van der Waals surface area contributed by atoms with E-state index in [1.54, 1.807) is 17.0 Å². The number of H-pyrrole nitrogens is 1. The fraction of sp³-hybridized carbons (Fsp3) is 0.421. The molecule has 8 heteroatoms. The summed E-state index contributed by atoms with van der Waals surface area (Å²) in [6.45, 7) is 8.03. The van der Waals surface area contributed by atoms with Crippen molar-refractivity contribution >= 4 is 17.7 Å². The number of nitrogens with one attached hydrogen (secondary N) is 2. The number of hydrogen-bond acceptors (Lipinski definition) is 5. The fourth-order valence-corrected chi connectivity index (χ4v) is 2.90. The number of rotatable bonds is 2. The van der Waals surface area contributed by atoms with Gasteiger partial charge in [-0.2, -0.15) is 5.10 Å². The summed E-state index contributed by atoms with van der Waals surface area (Å²) in [6, 6.07) is 4.95. The minimum atomic E-state index is -0.587. The molecule has 1 aliphatic heterocycles. The Morgan fingerprint density at radius 3 is 2.78 bits per heavy atom. The molecular weight excluding hydrogens is 348 g/mol. The van der Waals surface area contributed by atoms with E-state index in [0.29, 0.717) is 24.2 Å². The first-order chi connectivity index (χ1) is 12.6. The first-order valence-electron chi connectivity index (χ1n) is 8.79. The molecule has 0 saturated heterocycles. The van der Waals surface area contributed by atoms with Crippen LogP contribution in [0.15, 0.2) is 18.2 Å². The smallest absolute Gasteiger partial charge is 0.410 e. The Morgan fingerprint density at radius 2 is 2.07 bits per heavy atom. The summed E-state index contributed by atoms with van der Waals surface area (Å²) < 4.78 is 5.42. The number of benzene rings is 1. The van der Waals surface area contributed by atoms with Gasteiger partial charge in [0.2, 0.25) is 0 Å². The Morgan fingerprint density at radius 1 is 1.33 bits per heavy atom. The van der Waals surface area contributed by atoms with Gasteiger partial charge in [0.05, 0.1) is 12.2 Å². The lowest BCUT2D eigenvalue weighted by atomic mass is 10.1. The molecule has 1 aromatic heterocycles. The molecule has 0 atom stereocenters. The van der Waals surface area contributed by atoms with Crippen molar-refractivity contribution in [1.29, 1.82) is 0 Å². The van der Waals surface area contributed by atoms with E-state index in [0.717, 1.165) is 11.3 Å². The minimum absolute atomic E-state index is 0.0197. The second-order valence-corrected chi connectivity index (χ2v) is 7.66. The van der Waals surface area contributed by atoms with Crippen molar-refractivity contribution in [2.24, 2.45) is 0 Å². The molecule has 2 aromatic rings. The number of hydrogen-bond donors (Lipinski definition) is 3. The Labute approximate surface area is 157 Å². The van der Waals surface area contributed by atoms with E-state index in [1.165, 1.54) is 6.07 Å². The van der Waals surface area contributed by atoms with Crippen LogP contribution in [0.4, 0.5) is 10.5 Å². The Bertz CT molecular complexity index is 882. The molecule has 0 saturated carbocycles. The number of phenols is 1. The molecule has 0 unspecified atom stereocenters. The van der Waals surface area contributed by atoms with Gasteiger partial charge in [0.25, 0.3) is 5.91 Å². The lowest BCUT2D eigenvalue weighted by molar-refractivity contribution is 0.0222. The summed E-state index contributed by atoms with van der Waals surface area (Å²) in [7, 11) is 0. The number of aryl methyl sites for hydroxylation is 1. The van der Waals surface area contributed by atoms with Crippen LogP contribution in [0.2, 0.25) is 0 Å². The Kier molecular flexibility index (Phi) is 4.82. The molecule has 0 radical (unpaired) electrons. The van der Waals surface area contributed by atoms with Crippen molar-refractivity contribution in [3.63, 3.8) is 0 Å². The zero-order chi connectivity index (χ0) is 19.8. The van der Waals surface area contributed by atoms with E-state index in [1.807, 2.05) is 27.7 Å². The van der Waals surface area contributed by atoms with Crippen LogP contribution in [0.25, 0.3) is 0 Å². The highest BCUT2D eigenvalue weighted by Crippen LogP contribution is 2.26. The third-order valence-corrected chi connectivity index (χ3v) is 4.20. The van der Waals surface area contributed by atoms with Gasteiger partial charge in [0.1, 0.15) is 11.4 Å². The van der Waals surface area contributed by atoms with Crippen molar-refractivity contribution in [1.82, 2.24) is 15.1 Å². The highest BCUT2D eigenvalue weighted by molar-refractivity contribution is 6.04. The number of phenolic OH excluding ortho intramolecular Hbond substituents is 1. The van der Waals surface area contributed by atoms with Crippen LogP contribution < -0.4 is 5.32 Å². The van der Waals surface area contributed by atoms with Crippen LogP contribution in [0.5, 0.6) is 5.75 Å². The third-order valence-electron chi connectivity index (χ3n) is 4.20. The maximum atomic E-state index is 12.7. The maximum absolute atomic E-state index is 12.7. The zero-order valence-electron chi connectivity index (χ0n) is 15.9. The molecule has 27 heavy (non-hydrogen) atoms. The standard InChI is InChI=1S/C19H24N4O4/c1-11-5-6-15(24)14(9-11)20-17(25)16-12-10-23(8-7-13(12)21-22-16)18(26)27-19(2,3)4/h5-6,9,24H,7-8,10H2,1-4H3,(H,20,25)(H,21,22). The van der Waals surface area contributed by atoms with Gasteiger partial charge in [-0.3, -0.25) is 9.89 Å². The van der Waals surface area contributed by atoms with Gasteiger partial charge in [-0.15, -0.1) is 0 Å². The van der Waals surface area contributed by atoms with E-state index in [2.05, 4.69) is 15.5 Å². The van der Waals surface area contributed by atoms with E-state index in [4.69, 9.17) is 4.74 Å². The Hall–Kier alpha value is -3.03. The minimum Gasteiger partial charge on any atom is -0.506 e. The number of aromatic hydroxyl groups is 1. The molecule has 144 valence electrons. The second kappa shape index (κ2) is 6.94. The van der Waals surface area contributed by atoms with Crippen LogP contribution in [-0.2, 0) is 17.7 Å². The van der Waals surface area contributed by atoms with Crippen molar-refractivity contribution in [3.05, 3.63) is 40.7 Å². The number of aromatic amines is 1. The van der Waals surface area contributed by atoms with Gasteiger partial charge in [-0.05, 0) is 45.4 Å². The first kappa shape index (κ1) is 18.8. The SMILES string of the molecule is Cc1ccc(O)c(NC(=O)c2n[nH]c3c2CN(C(=O)OC(C)(C)C)CC3)c1. The number of carbonyl (C=O) groups excluding carboxylic acids is 2. The normalized spacial score (nSPS) is 13.9. The van der Waals surface area contributed by atoms with Crippen molar-refractivity contribution in [3.8, 4) is 5.75 Å². The monoisotopic (exact) mass is 372 g/mol. The molecular formula is C19H24N4O4. The van der Waals surface area contributed by atoms with Crippen LogP contribution in [0.1, 0.15) is 48.1 Å². The van der Waals surface area contributed by atoms with E-state index in [9.17, 15) is 14.7 Å². The van der Waals surface area contributed by atoms with Gasteiger partial charge in [-0.1, -0.05) is 6.07 Å². The summed E-state index contributed by atoms with van der Waals surface area (Å²) in [5.74, 6) is -0.465. The maximum Gasteiger partial charge on any atom is 0.410 e.